The zero-order valence-electron chi connectivity index (χ0n) is 12.8. The van der Waals surface area contributed by atoms with Crippen LogP contribution in [0, 0.1) is 5.82 Å². The number of halogens is 3. The highest BCUT2D eigenvalue weighted by atomic mass is 32.2. The summed E-state index contributed by atoms with van der Waals surface area (Å²) in [5.41, 5.74) is 0.0498. The van der Waals surface area contributed by atoms with E-state index in [1.807, 2.05) is 11.8 Å². The number of guanidine groups is 1. The van der Waals surface area contributed by atoms with Crippen LogP contribution in [-0.4, -0.2) is 37.2 Å². The van der Waals surface area contributed by atoms with Crippen LogP contribution < -0.4 is 15.4 Å². The molecule has 1 heterocycles. The molecule has 1 unspecified atom stereocenters. The number of hydrogen-bond donors (Lipinski definition) is 2. The Labute approximate surface area is 137 Å². The molecule has 1 aromatic carbocycles. The lowest BCUT2D eigenvalue weighted by molar-refractivity contribution is -0.0506. The van der Waals surface area contributed by atoms with Crippen molar-refractivity contribution in [3.63, 3.8) is 0 Å². The van der Waals surface area contributed by atoms with E-state index < -0.39 is 12.4 Å². The van der Waals surface area contributed by atoms with E-state index in [0.717, 1.165) is 24.3 Å². The summed E-state index contributed by atoms with van der Waals surface area (Å²) in [7, 11) is 1.61. The maximum absolute atomic E-state index is 13.9. The van der Waals surface area contributed by atoms with E-state index in [0.29, 0.717) is 12.0 Å². The minimum absolute atomic E-state index is 0.00820. The highest BCUT2D eigenvalue weighted by Crippen LogP contribution is 2.23. The average molecular weight is 347 g/mol. The molecule has 0 amide bonds. The standard InChI is InChI=1S/C15H20F3N3OS/c1-19-15(21-10-4-3-7-23-9-10)20-8-11-12(16)5-2-6-13(11)22-14(17)18/h2,5-6,10,14H,3-4,7-9H2,1H3,(H2,19,20,21). The Hall–Kier alpha value is -1.57. The number of hydrogen-bond acceptors (Lipinski definition) is 3. The third-order valence-electron chi connectivity index (χ3n) is 3.45. The lowest BCUT2D eigenvalue weighted by Gasteiger charge is -2.24. The highest BCUT2D eigenvalue weighted by Gasteiger charge is 2.17. The first-order valence-corrected chi connectivity index (χ1v) is 8.52. The largest absolute Gasteiger partial charge is 0.434 e. The predicted molar refractivity (Wildman–Crippen MR) is 86.7 cm³/mol. The Kier molecular flexibility index (Phi) is 6.88. The summed E-state index contributed by atoms with van der Waals surface area (Å²) in [5.74, 6) is 1.90. The Morgan fingerprint density at radius 3 is 2.96 bits per heavy atom. The van der Waals surface area contributed by atoms with Gasteiger partial charge in [0.2, 0.25) is 0 Å². The highest BCUT2D eigenvalue weighted by molar-refractivity contribution is 7.99. The number of alkyl halides is 2. The molecule has 128 valence electrons. The lowest BCUT2D eigenvalue weighted by atomic mass is 10.2. The fourth-order valence-electron chi connectivity index (χ4n) is 2.33. The van der Waals surface area contributed by atoms with Crippen molar-refractivity contribution in [3.8, 4) is 5.75 Å². The van der Waals surface area contributed by atoms with Gasteiger partial charge in [-0.05, 0) is 30.7 Å². The van der Waals surface area contributed by atoms with Gasteiger partial charge in [-0.3, -0.25) is 4.99 Å². The molecule has 0 aromatic heterocycles. The van der Waals surface area contributed by atoms with E-state index in [9.17, 15) is 13.2 Å². The SMILES string of the molecule is CN=C(NCc1c(F)cccc1OC(F)F)NC1CCCSC1. The van der Waals surface area contributed by atoms with Crippen LogP contribution in [0.3, 0.4) is 0 Å². The Bertz CT molecular complexity index is 537. The van der Waals surface area contributed by atoms with Crippen molar-refractivity contribution >= 4 is 17.7 Å². The maximum Gasteiger partial charge on any atom is 0.387 e. The molecule has 8 heteroatoms. The van der Waals surface area contributed by atoms with Crippen LogP contribution in [-0.2, 0) is 6.54 Å². The summed E-state index contributed by atoms with van der Waals surface area (Å²) in [6.07, 6.45) is 2.19. The van der Waals surface area contributed by atoms with Crippen molar-refractivity contribution in [3.05, 3.63) is 29.6 Å². The van der Waals surface area contributed by atoms with Crippen LogP contribution in [0.5, 0.6) is 5.75 Å². The fourth-order valence-corrected chi connectivity index (χ4v) is 3.40. The Balaban J connectivity index is 1.98. The summed E-state index contributed by atoms with van der Waals surface area (Å²) in [5, 5.41) is 6.21. The van der Waals surface area contributed by atoms with E-state index in [-0.39, 0.29) is 17.9 Å². The molecule has 1 atom stereocenters. The second-order valence-corrected chi connectivity index (χ2v) is 6.23. The lowest BCUT2D eigenvalue weighted by Crippen LogP contribution is -2.45. The summed E-state index contributed by atoms with van der Waals surface area (Å²) < 4.78 is 43.1. The molecule has 0 saturated carbocycles. The number of aliphatic imine (C=N–C) groups is 1. The van der Waals surface area contributed by atoms with E-state index in [1.165, 1.54) is 18.2 Å². The van der Waals surface area contributed by atoms with Crippen LogP contribution in [0.1, 0.15) is 18.4 Å². The van der Waals surface area contributed by atoms with Crippen molar-refractivity contribution in [1.29, 1.82) is 0 Å². The molecule has 0 aliphatic carbocycles. The molecule has 2 rings (SSSR count). The van der Waals surface area contributed by atoms with Gasteiger partial charge in [-0.1, -0.05) is 6.07 Å². The van der Waals surface area contributed by atoms with Gasteiger partial charge in [0.1, 0.15) is 11.6 Å². The van der Waals surface area contributed by atoms with E-state index >= 15 is 0 Å². The molecule has 1 fully saturated rings. The first kappa shape index (κ1) is 17.8. The van der Waals surface area contributed by atoms with Crippen LogP contribution in [0.4, 0.5) is 13.2 Å². The van der Waals surface area contributed by atoms with Crippen LogP contribution >= 0.6 is 11.8 Å². The molecule has 1 aliphatic heterocycles. The zero-order valence-corrected chi connectivity index (χ0v) is 13.6. The van der Waals surface area contributed by atoms with Gasteiger partial charge in [0, 0.05) is 31.0 Å². The van der Waals surface area contributed by atoms with Gasteiger partial charge in [0.25, 0.3) is 0 Å². The molecule has 4 nitrogen and oxygen atoms in total. The summed E-state index contributed by atoms with van der Waals surface area (Å²) in [6, 6.07) is 4.17. The average Bonchev–Trinajstić information content (AvgIpc) is 2.53. The smallest absolute Gasteiger partial charge is 0.387 e. The molecule has 0 spiro atoms. The van der Waals surface area contributed by atoms with Crippen molar-refractivity contribution < 1.29 is 17.9 Å². The molecule has 1 aliphatic rings. The summed E-state index contributed by atoms with van der Waals surface area (Å²) >= 11 is 1.87. The number of rotatable bonds is 5. The topological polar surface area (TPSA) is 45.7 Å². The molecular formula is C15H20F3N3OS. The van der Waals surface area contributed by atoms with Gasteiger partial charge in [0.05, 0.1) is 0 Å². The van der Waals surface area contributed by atoms with Crippen molar-refractivity contribution in [1.82, 2.24) is 10.6 Å². The van der Waals surface area contributed by atoms with Gasteiger partial charge in [-0.2, -0.15) is 20.5 Å². The first-order valence-electron chi connectivity index (χ1n) is 7.37. The van der Waals surface area contributed by atoms with Crippen LogP contribution in [0.15, 0.2) is 23.2 Å². The van der Waals surface area contributed by atoms with E-state index in [1.54, 1.807) is 7.05 Å². The quantitative estimate of drug-likeness (QED) is 0.635. The van der Waals surface area contributed by atoms with Crippen molar-refractivity contribution in [2.45, 2.75) is 32.0 Å². The number of nitrogens with one attached hydrogen (secondary N) is 2. The Morgan fingerprint density at radius 1 is 1.48 bits per heavy atom. The minimum Gasteiger partial charge on any atom is -0.434 e. The Morgan fingerprint density at radius 2 is 2.30 bits per heavy atom. The molecule has 0 bridgehead atoms. The molecule has 2 N–H and O–H groups in total. The normalized spacial score (nSPS) is 18.8. The summed E-state index contributed by atoms with van der Waals surface area (Å²) in [4.78, 5) is 4.09. The second-order valence-electron chi connectivity index (χ2n) is 5.08. The second kappa shape index (κ2) is 8.90. The molecule has 0 radical (unpaired) electrons. The number of benzene rings is 1. The first-order chi connectivity index (χ1) is 11.1. The summed E-state index contributed by atoms with van der Waals surface area (Å²) in [6.45, 7) is -2.99. The monoisotopic (exact) mass is 347 g/mol. The van der Waals surface area contributed by atoms with Crippen LogP contribution in [0.2, 0.25) is 0 Å². The number of nitrogens with zero attached hydrogens (tertiary/aromatic N) is 1. The van der Waals surface area contributed by atoms with E-state index in [2.05, 4.69) is 20.4 Å². The van der Waals surface area contributed by atoms with Gasteiger partial charge in [-0.15, -0.1) is 0 Å². The zero-order chi connectivity index (χ0) is 16.7. The molecule has 23 heavy (non-hydrogen) atoms. The molecule has 1 aromatic rings. The third kappa shape index (κ3) is 5.53. The van der Waals surface area contributed by atoms with Gasteiger partial charge in [-0.25, -0.2) is 4.39 Å². The fraction of sp³-hybridized carbons (Fsp3) is 0.533. The van der Waals surface area contributed by atoms with Gasteiger partial charge >= 0.3 is 6.61 Å². The minimum atomic E-state index is -2.99. The predicted octanol–water partition coefficient (Wildman–Crippen LogP) is 2.99. The van der Waals surface area contributed by atoms with Gasteiger partial charge < -0.3 is 15.4 Å². The maximum atomic E-state index is 13.9. The molecular weight excluding hydrogens is 327 g/mol. The van der Waals surface area contributed by atoms with Crippen molar-refractivity contribution in [2.24, 2.45) is 4.99 Å². The third-order valence-corrected chi connectivity index (χ3v) is 4.66. The molecule has 1 saturated heterocycles. The number of ether oxygens (including phenoxy) is 1. The van der Waals surface area contributed by atoms with Crippen LogP contribution in [0.25, 0.3) is 0 Å². The van der Waals surface area contributed by atoms with Gasteiger partial charge in [0.15, 0.2) is 5.96 Å². The number of thioether (sulfide) groups is 1. The van der Waals surface area contributed by atoms with E-state index in [4.69, 9.17) is 0 Å². The van der Waals surface area contributed by atoms with Crippen molar-refractivity contribution in [2.75, 3.05) is 18.6 Å².